The molecule has 132 valence electrons. The fourth-order valence-electron chi connectivity index (χ4n) is 3.79. The van der Waals surface area contributed by atoms with Crippen molar-refractivity contribution in [1.29, 1.82) is 0 Å². The summed E-state index contributed by atoms with van der Waals surface area (Å²) < 4.78 is 13.9. The maximum atomic E-state index is 13.9. The van der Waals surface area contributed by atoms with Gasteiger partial charge in [0, 0.05) is 45.8 Å². The van der Waals surface area contributed by atoms with Crippen molar-refractivity contribution in [3.8, 4) is 0 Å². The van der Waals surface area contributed by atoms with Crippen LogP contribution in [0.15, 0.2) is 24.3 Å². The summed E-state index contributed by atoms with van der Waals surface area (Å²) in [6, 6.07) is 7.52. The lowest BCUT2D eigenvalue weighted by Gasteiger charge is -2.43. The van der Waals surface area contributed by atoms with E-state index in [-0.39, 0.29) is 11.7 Å². The number of hydrogen-bond acceptors (Lipinski definition) is 4. The molecule has 2 saturated heterocycles. The summed E-state index contributed by atoms with van der Waals surface area (Å²) in [4.78, 5) is 18.5. The summed E-state index contributed by atoms with van der Waals surface area (Å²) in [7, 11) is 1.69. The fourth-order valence-corrected chi connectivity index (χ4v) is 3.79. The number of carbonyl (C=O) groups is 1. The molecule has 3 rings (SSSR count). The molecule has 2 heterocycles. The number of nitrogens with zero attached hydrogens (tertiary/aromatic N) is 3. The lowest BCUT2D eigenvalue weighted by atomic mass is 10.0. The fraction of sp³-hybridized carbons (Fsp3) is 0.611. The molecular formula is C18H27FN4O. The molecule has 5 nitrogen and oxygen atoms in total. The Morgan fingerprint density at radius 1 is 1.21 bits per heavy atom. The molecule has 0 aromatic heterocycles. The van der Waals surface area contributed by atoms with Gasteiger partial charge in [0.15, 0.2) is 0 Å². The van der Waals surface area contributed by atoms with Crippen molar-refractivity contribution in [3.63, 3.8) is 0 Å². The maximum absolute atomic E-state index is 13.9. The molecule has 1 N–H and O–H groups in total. The zero-order valence-corrected chi connectivity index (χ0v) is 14.4. The van der Waals surface area contributed by atoms with Gasteiger partial charge in [-0.2, -0.15) is 0 Å². The monoisotopic (exact) mass is 334 g/mol. The molecule has 24 heavy (non-hydrogen) atoms. The Hall–Kier alpha value is -1.66. The number of carbonyl (C=O) groups excluding carboxylic acids is 1. The van der Waals surface area contributed by atoms with Gasteiger partial charge in [0.25, 0.3) is 0 Å². The smallest absolute Gasteiger partial charge is 0.233 e. The second-order valence-electron chi connectivity index (χ2n) is 6.68. The third-order valence-electron chi connectivity index (χ3n) is 5.15. The highest BCUT2D eigenvalue weighted by atomic mass is 19.1. The van der Waals surface area contributed by atoms with Crippen molar-refractivity contribution in [2.45, 2.75) is 18.9 Å². The number of likely N-dealkylation sites (N-methyl/N-ethyl adjacent to an activating group) is 1. The molecule has 2 aliphatic heterocycles. The predicted octanol–water partition coefficient (Wildman–Crippen LogP) is 1.16. The minimum atomic E-state index is -0.139. The summed E-state index contributed by atoms with van der Waals surface area (Å²) in [5, 5.41) is 2.70. The van der Waals surface area contributed by atoms with E-state index in [1.807, 2.05) is 12.1 Å². The molecule has 2 aliphatic rings. The van der Waals surface area contributed by atoms with Gasteiger partial charge in [0.1, 0.15) is 5.82 Å². The van der Waals surface area contributed by atoms with Crippen LogP contribution in [0.2, 0.25) is 0 Å². The number of benzene rings is 1. The van der Waals surface area contributed by atoms with Gasteiger partial charge in [0.2, 0.25) is 5.91 Å². The number of nitrogens with one attached hydrogen (secondary N) is 1. The number of piperidine rings is 1. The summed E-state index contributed by atoms with van der Waals surface area (Å²) in [6.07, 6.45) is 2.32. The van der Waals surface area contributed by atoms with Crippen LogP contribution in [0, 0.1) is 5.82 Å². The number of likely N-dealkylation sites (tertiary alicyclic amines) is 1. The van der Waals surface area contributed by atoms with Gasteiger partial charge >= 0.3 is 0 Å². The predicted molar refractivity (Wildman–Crippen MR) is 93.7 cm³/mol. The lowest BCUT2D eigenvalue weighted by molar-refractivity contribution is -0.122. The molecule has 1 amide bonds. The molecule has 0 aliphatic carbocycles. The average molecular weight is 334 g/mol. The van der Waals surface area contributed by atoms with Crippen LogP contribution < -0.4 is 10.2 Å². The van der Waals surface area contributed by atoms with E-state index < -0.39 is 0 Å². The number of hydrogen-bond donors (Lipinski definition) is 1. The van der Waals surface area contributed by atoms with Gasteiger partial charge in [-0.3, -0.25) is 14.6 Å². The molecule has 6 heteroatoms. The van der Waals surface area contributed by atoms with Crippen molar-refractivity contribution in [2.75, 3.05) is 57.8 Å². The van der Waals surface area contributed by atoms with Crippen LogP contribution >= 0.6 is 0 Å². The number of amides is 1. The van der Waals surface area contributed by atoms with E-state index >= 15 is 0 Å². The van der Waals surface area contributed by atoms with Crippen LogP contribution in [-0.2, 0) is 4.79 Å². The number of rotatable bonds is 4. The first-order chi connectivity index (χ1) is 11.7. The average Bonchev–Trinajstić information content (AvgIpc) is 2.62. The summed E-state index contributed by atoms with van der Waals surface area (Å²) >= 11 is 0. The highest BCUT2D eigenvalue weighted by molar-refractivity contribution is 5.77. The van der Waals surface area contributed by atoms with Crippen molar-refractivity contribution in [1.82, 2.24) is 15.1 Å². The largest absolute Gasteiger partial charge is 0.367 e. The van der Waals surface area contributed by atoms with Crippen LogP contribution in [0.5, 0.6) is 0 Å². The quantitative estimate of drug-likeness (QED) is 0.897. The number of anilines is 1. The molecule has 0 radical (unpaired) electrons. The first-order valence-electron chi connectivity index (χ1n) is 8.84. The molecule has 0 bridgehead atoms. The Bertz CT molecular complexity index is 560. The minimum Gasteiger partial charge on any atom is -0.367 e. The van der Waals surface area contributed by atoms with Crippen molar-refractivity contribution in [3.05, 3.63) is 30.1 Å². The first-order valence-corrected chi connectivity index (χ1v) is 8.84. The molecule has 1 atom stereocenters. The van der Waals surface area contributed by atoms with E-state index in [0.29, 0.717) is 18.3 Å². The Morgan fingerprint density at radius 2 is 1.96 bits per heavy atom. The molecule has 1 aromatic carbocycles. The van der Waals surface area contributed by atoms with Crippen molar-refractivity contribution < 1.29 is 9.18 Å². The van der Waals surface area contributed by atoms with Gasteiger partial charge < -0.3 is 10.2 Å². The van der Waals surface area contributed by atoms with E-state index in [1.54, 1.807) is 13.1 Å². The third kappa shape index (κ3) is 4.05. The molecular weight excluding hydrogens is 307 g/mol. The van der Waals surface area contributed by atoms with E-state index in [1.165, 1.54) is 12.5 Å². The highest BCUT2D eigenvalue weighted by Gasteiger charge is 2.29. The van der Waals surface area contributed by atoms with Gasteiger partial charge in [-0.15, -0.1) is 0 Å². The van der Waals surface area contributed by atoms with Gasteiger partial charge in [0.05, 0.1) is 12.2 Å². The maximum Gasteiger partial charge on any atom is 0.233 e. The summed E-state index contributed by atoms with van der Waals surface area (Å²) in [5.74, 6) is -0.0552. The van der Waals surface area contributed by atoms with E-state index in [2.05, 4.69) is 20.0 Å². The van der Waals surface area contributed by atoms with Crippen LogP contribution in [0.4, 0.5) is 10.1 Å². The number of piperazine rings is 1. The molecule has 2 fully saturated rings. The third-order valence-corrected chi connectivity index (χ3v) is 5.15. The van der Waals surface area contributed by atoms with Gasteiger partial charge in [-0.1, -0.05) is 12.1 Å². The molecule has 0 unspecified atom stereocenters. The van der Waals surface area contributed by atoms with Crippen LogP contribution in [0.3, 0.4) is 0 Å². The molecule has 0 saturated carbocycles. The molecule has 1 aromatic rings. The number of para-hydroxylation sites is 1. The van der Waals surface area contributed by atoms with E-state index in [4.69, 9.17) is 0 Å². The second kappa shape index (κ2) is 7.94. The van der Waals surface area contributed by atoms with Crippen LogP contribution in [0.1, 0.15) is 12.8 Å². The first kappa shape index (κ1) is 17.2. The Morgan fingerprint density at radius 3 is 2.67 bits per heavy atom. The normalized spacial score (nSPS) is 23.2. The van der Waals surface area contributed by atoms with E-state index in [9.17, 15) is 9.18 Å². The van der Waals surface area contributed by atoms with Gasteiger partial charge in [-0.05, 0) is 31.5 Å². The highest BCUT2D eigenvalue weighted by Crippen LogP contribution is 2.22. The minimum absolute atomic E-state index is 0.0834. The van der Waals surface area contributed by atoms with Gasteiger partial charge in [-0.25, -0.2) is 4.39 Å². The van der Waals surface area contributed by atoms with Crippen molar-refractivity contribution in [2.24, 2.45) is 0 Å². The van der Waals surface area contributed by atoms with E-state index in [0.717, 1.165) is 45.7 Å². The summed E-state index contributed by atoms with van der Waals surface area (Å²) in [6.45, 7) is 6.05. The van der Waals surface area contributed by atoms with Crippen LogP contribution in [0.25, 0.3) is 0 Å². The Balaban J connectivity index is 1.53. The standard InChI is InChI=1S/C18H27FN4O/c1-20-18(24)14-21-8-4-5-15(13-21)22-9-11-23(12-10-22)17-7-3-2-6-16(17)19/h2-3,6-7,15H,4-5,8-14H2,1H3,(H,20,24)/t15-/m1/s1. The lowest BCUT2D eigenvalue weighted by Crippen LogP contribution is -2.56. The van der Waals surface area contributed by atoms with Crippen LogP contribution in [-0.4, -0.2) is 74.6 Å². The summed E-state index contributed by atoms with van der Waals surface area (Å²) in [5.41, 5.74) is 0.710. The Kier molecular flexibility index (Phi) is 5.68. The second-order valence-corrected chi connectivity index (χ2v) is 6.68. The zero-order valence-electron chi connectivity index (χ0n) is 14.4. The SMILES string of the molecule is CNC(=O)CN1CCC[C@@H](N2CCN(c3ccccc3F)CC2)C1. The zero-order chi connectivity index (χ0) is 16.9. The topological polar surface area (TPSA) is 38.8 Å². The Labute approximate surface area is 143 Å². The molecule has 0 spiro atoms. The van der Waals surface area contributed by atoms with Crippen molar-refractivity contribution >= 4 is 11.6 Å². The number of halogens is 1.